The average molecular weight is 392 g/mol. The molecule has 0 atom stereocenters. The predicted molar refractivity (Wildman–Crippen MR) is 110 cm³/mol. The van der Waals surface area contributed by atoms with E-state index >= 15 is 0 Å². The Balaban J connectivity index is 1.98. The SMILES string of the molecule is COc1ccc(Cc2ccc(NC(C)=O)cc2)c(O)c1-c1cccc([N+](=O)[O-])c1. The number of anilines is 1. The van der Waals surface area contributed by atoms with E-state index in [1.165, 1.54) is 26.2 Å². The van der Waals surface area contributed by atoms with Crippen LogP contribution in [-0.2, 0) is 11.2 Å². The number of carbonyl (C=O) groups is 1. The van der Waals surface area contributed by atoms with Crippen LogP contribution in [0.25, 0.3) is 11.1 Å². The number of non-ortho nitro benzene ring substituents is 1. The number of phenols is 1. The maximum absolute atomic E-state index is 11.1. The van der Waals surface area contributed by atoms with Crippen LogP contribution in [0.3, 0.4) is 0 Å². The second kappa shape index (κ2) is 8.43. The number of hydrogen-bond acceptors (Lipinski definition) is 5. The summed E-state index contributed by atoms with van der Waals surface area (Å²) in [7, 11) is 1.48. The zero-order valence-electron chi connectivity index (χ0n) is 16.0. The molecule has 3 rings (SSSR count). The molecule has 0 bridgehead atoms. The fourth-order valence-corrected chi connectivity index (χ4v) is 3.11. The smallest absolute Gasteiger partial charge is 0.270 e. The lowest BCUT2D eigenvalue weighted by Crippen LogP contribution is -2.05. The van der Waals surface area contributed by atoms with Gasteiger partial charge in [0, 0.05) is 31.2 Å². The van der Waals surface area contributed by atoms with Gasteiger partial charge in [-0.3, -0.25) is 14.9 Å². The van der Waals surface area contributed by atoms with Crippen molar-refractivity contribution in [2.24, 2.45) is 0 Å². The van der Waals surface area contributed by atoms with Gasteiger partial charge in [-0.15, -0.1) is 0 Å². The zero-order chi connectivity index (χ0) is 21.0. The molecular weight excluding hydrogens is 372 g/mol. The van der Waals surface area contributed by atoms with Gasteiger partial charge < -0.3 is 15.2 Å². The van der Waals surface area contributed by atoms with E-state index in [1.807, 2.05) is 12.1 Å². The monoisotopic (exact) mass is 392 g/mol. The summed E-state index contributed by atoms with van der Waals surface area (Å²) in [6.45, 7) is 1.44. The van der Waals surface area contributed by atoms with Crippen molar-refractivity contribution in [2.45, 2.75) is 13.3 Å². The molecule has 7 heteroatoms. The Kier molecular flexibility index (Phi) is 5.78. The van der Waals surface area contributed by atoms with Gasteiger partial charge in [-0.25, -0.2) is 0 Å². The number of nitrogens with zero attached hydrogens (tertiary/aromatic N) is 1. The molecule has 0 saturated heterocycles. The number of nitrogens with one attached hydrogen (secondary N) is 1. The highest BCUT2D eigenvalue weighted by Gasteiger charge is 2.18. The van der Waals surface area contributed by atoms with E-state index in [2.05, 4.69) is 5.32 Å². The van der Waals surface area contributed by atoms with Crippen molar-refractivity contribution in [3.05, 3.63) is 81.9 Å². The van der Waals surface area contributed by atoms with Gasteiger partial charge in [-0.05, 0) is 34.9 Å². The fourth-order valence-electron chi connectivity index (χ4n) is 3.11. The lowest BCUT2D eigenvalue weighted by Gasteiger charge is -2.15. The van der Waals surface area contributed by atoms with Crippen LogP contribution >= 0.6 is 0 Å². The molecule has 0 aliphatic rings. The highest BCUT2D eigenvalue weighted by molar-refractivity contribution is 5.88. The molecule has 3 aromatic carbocycles. The van der Waals surface area contributed by atoms with E-state index in [9.17, 15) is 20.0 Å². The predicted octanol–water partition coefficient (Wildman–Crippen LogP) is 4.53. The Morgan fingerprint density at radius 3 is 2.48 bits per heavy atom. The summed E-state index contributed by atoms with van der Waals surface area (Å²) in [5.74, 6) is 0.288. The Hall–Kier alpha value is -3.87. The van der Waals surface area contributed by atoms with Crippen LogP contribution in [0.2, 0.25) is 0 Å². The molecule has 7 nitrogen and oxygen atoms in total. The van der Waals surface area contributed by atoms with Crippen LogP contribution in [0, 0.1) is 10.1 Å². The van der Waals surface area contributed by atoms with Gasteiger partial charge in [-0.1, -0.05) is 30.3 Å². The van der Waals surface area contributed by atoms with Crippen molar-refractivity contribution in [3.8, 4) is 22.6 Å². The van der Waals surface area contributed by atoms with Crippen LogP contribution in [-0.4, -0.2) is 23.0 Å². The number of methoxy groups -OCH3 is 1. The molecule has 0 heterocycles. The number of nitro groups is 1. The number of ether oxygens (including phenoxy) is 1. The topological polar surface area (TPSA) is 102 Å². The normalized spacial score (nSPS) is 10.4. The van der Waals surface area contributed by atoms with Gasteiger partial charge in [-0.2, -0.15) is 0 Å². The zero-order valence-corrected chi connectivity index (χ0v) is 16.0. The summed E-state index contributed by atoms with van der Waals surface area (Å²) in [6, 6.07) is 16.9. The molecule has 0 aliphatic carbocycles. The van der Waals surface area contributed by atoms with Crippen molar-refractivity contribution in [2.75, 3.05) is 12.4 Å². The summed E-state index contributed by atoms with van der Waals surface area (Å²) in [6.07, 6.45) is 0.443. The molecule has 29 heavy (non-hydrogen) atoms. The highest BCUT2D eigenvalue weighted by Crippen LogP contribution is 2.41. The molecular formula is C22H20N2O5. The minimum absolute atomic E-state index is 0.00999. The minimum atomic E-state index is -0.479. The first kappa shape index (κ1) is 19.9. The third kappa shape index (κ3) is 4.52. The van der Waals surface area contributed by atoms with E-state index in [0.717, 1.165) is 5.56 Å². The molecule has 148 valence electrons. The first-order valence-corrected chi connectivity index (χ1v) is 8.89. The molecule has 1 amide bonds. The molecule has 0 spiro atoms. The van der Waals surface area contributed by atoms with Crippen LogP contribution in [0.5, 0.6) is 11.5 Å². The quantitative estimate of drug-likeness (QED) is 0.474. The lowest BCUT2D eigenvalue weighted by molar-refractivity contribution is -0.384. The third-order valence-corrected chi connectivity index (χ3v) is 4.46. The van der Waals surface area contributed by atoms with Gasteiger partial charge in [0.25, 0.3) is 5.69 Å². The standard InChI is InChI=1S/C22H20N2O5/c1-14(25)23-18-9-6-15(7-10-18)12-17-8-11-20(29-2)21(22(17)26)16-4-3-5-19(13-16)24(27)28/h3-11,13,26H,12H2,1-2H3,(H,23,25). The average Bonchev–Trinajstić information content (AvgIpc) is 2.70. The van der Waals surface area contributed by atoms with Crippen molar-refractivity contribution >= 4 is 17.3 Å². The van der Waals surface area contributed by atoms with Gasteiger partial charge in [0.1, 0.15) is 11.5 Å². The van der Waals surface area contributed by atoms with Crippen LogP contribution in [0.15, 0.2) is 60.7 Å². The summed E-state index contributed by atoms with van der Waals surface area (Å²) in [5, 5.41) is 24.7. The molecule has 0 fully saturated rings. The van der Waals surface area contributed by atoms with Crippen molar-refractivity contribution < 1.29 is 19.6 Å². The number of phenolic OH excluding ortho intramolecular Hbond substituents is 1. The Morgan fingerprint density at radius 2 is 1.86 bits per heavy atom. The Labute approximate surface area is 167 Å². The summed E-state index contributed by atoms with van der Waals surface area (Å²) < 4.78 is 5.37. The number of rotatable bonds is 6. The van der Waals surface area contributed by atoms with Gasteiger partial charge in [0.2, 0.25) is 5.91 Å². The first-order valence-electron chi connectivity index (χ1n) is 8.89. The molecule has 0 radical (unpaired) electrons. The molecule has 0 saturated carbocycles. The number of hydrogen-bond donors (Lipinski definition) is 2. The van der Waals surface area contributed by atoms with Crippen LogP contribution in [0.1, 0.15) is 18.1 Å². The van der Waals surface area contributed by atoms with Gasteiger partial charge in [0.15, 0.2) is 0 Å². The van der Waals surface area contributed by atoms with Gasteiger partial charge in [0.05, 0.1) is 17.6 Å². The Morgan fingerprint density at radius 1 is 1.14 bits per heavy atom. The molecule has 0 unspecified atom stereocenters. The minimum Gasteiger partial charge on any atom is -0.507 e. The van der Waals surface area contributed by atoms with E-state index in [4.69, 9.17) is 4.74 Å². The number of benzene rings is 3. The number of nitro benzene ring substituents is 1. The fraction of sp³-hybridized carbons (Fsp3) is 0.136. The second-order valence-electron chi connectivity index (χ2n) is 6.51. The van der Waals surface area contributed by atoms with Crippen LogP contribution < -0.4 is 10.1 Å². The maximum Gasteiger partial charge on any atom is 0.270 e. The number of carbonyl (C=O) groups excluding carboxylic acids is 1. The van der Waals surface area contributed by atoms with Crippen LogP contribution in [0.4, 0.5) is 11.4 Å². The summed E-state index contributed by atoms with van der Waals surface area (Å²) in [5.41, 5.74) is 3.12. The molecule has 0 aromatic heterocycles. The third-order valence-electron chi connectivity index (χ3n) is 4.46. The highest BCUT2D eigenvalue weighted by atomic mass is 16.6. The second-order valence-corrected chi connectivity index (χ2v) is 6.51. The van der Waals surface area contributed by atoms with E-state index in [1.54, 1.807) is 36.4 Å². The summed E-state index contributed by atoms with van der Waals surface area (Å²) in [4.78, 5) is 21.8. The number of aromatic hydroxyl groups is 1. The summed E-state index contributed by atoms with van der Waals surface area (Å²) >= 11 is 0. The largest absolute Gasteiger partial charge is 0.507 e. The maximum atomic E-state index is 11.1. The van der Waals surface area contributed by atoms with Crippen molar-refractivity contribution in [1.29, 1.82) is 0 Å². The number of amides is 1. The van der Waals surface area contributed by atoms with E-state index in [0.29, 0.717) is 34.5 Å². The molecule has 2 N–H and O–H groups in total. The Bertz CT molecular complexity index is 1060. The van der Waals surface area contributed by atoms with Gasteiger partial charge >= 0.3 is 0 Å². The lowest BCUT2D eigenvalue weighted by atomic mass is 9.96. The van der Waals surface area contributed by atoms with E-state index < -0.39 is 4.92 Å². The molecule has 3 aromatic rings. The van der Waals surface area contributed by atoms with Crippen molar-refractivity contribution in [3.63, 3.8) is 0 Å². The van der Waals surface area contributed by atoms with E-state index in [-0.39, 0.29) is 17.3 Å². The van der Waals surface area contributed by atoms with Crippen molar-refractivity contribution in [1.82, 2.24) is 0 Å². The first-order chi connectivity index (χ1) is 13.9. The molecule has 0 aliphatic heterocycles.